The average Bonchev–Trinajstić information content (AvgIpc) is 2.66. The van der Waals surface area contributed by atoms with E-state index in [4.69, 9.17) is 16.5 Å². The number of para-hydroxylation sites is 1. The summed E-state index contributed by atoms with van der Waals surface area (Å²) >= 11 is 5.51. The van der Waals surface area contributed by atoms with Gasteiger partial charge in [0.2, 0.25) is 0 Å². The minimum absolute atomic E-state index is 0.569. The fourth-order valence-electron chi connectivity index (χ4n) is 1.18. The second-order valence-electron chi connectivity index (χ2n) is 2.99. The molecule has 0 bridgehead atoms. The molecule has 2 rings (SSSR count). The molecule has 15 heavy (non-hydrogen) atoms. The van der Waals surface area contributed by atoms with Crippen molar-refractivity contribution in [2.24, 2.45) is 0 Å². The monoisotopic (exact) mass is 223 g/mol. The summed E-state index contributed by atoms with van der Waals surface area (Å²) in [5.74, 6) is 0.857. The van der Waals surface area contributed by atoms with Crippen molar-refractivity contribution < 1.29 is 4.74 Å². The zero-order chi connectivity index (χ0) is 10.5. The molecule has 0 radical (unpaired) electrons. The smallest absolute Gasteiger partial charge is 0.119 e. The number of hydrogen-bond donors (Lipinski definition) is 0. The molecule has 0 unspecified atom stereocenters. The predicted molar refractivity (Wildman–Crippen MR) is 56.9 cm³/mol. The first-order valence-corrected chi connectivity index (χ1v) is 4.93. The Bertz CT molecular complexity index is 416. The van der Waals surface area contributed by atoms with E-state index in [1.165, 1.54) is 0 Å². The first-order chi connectivity index (χ1) is 7.34. The first-order valence-electron chi connectivity index (χ1n) is 4.60. The summed E-state index contributed by atoms with van der Waals surface area (Å²) < 4.78 is 6.52. The van der Waals surface area contributed by atoms with Gasteiger partial charge in [-0.1, -0.05) is 22.5 Å². The van der Waals surface area contributed by atoms with Crippen molar-refractivity contribution >= 4 is 11.8 Å². The van der Waals surface area contributed by atoms with Crippen molar-refractivity contribution in [2.75, 3.05) is 6.61 Å². The van der Waals surface area contributed by atoms with E-state index in [1.54, 1.807) is 6.20 Å². The van der Waals surface area contributed by atoms with Crippen LogP contribution in [0.15, 0.2) is 36.5 Å². The summed E-state index contributed by atoms with van der Waals surface area (Å²) in [4.78, 5) is 0. The van der Waals surface area contributed by atoms with Crippen LogP contribution in [0.3, 0.4) is 0 Å². The van der Waals surface area contributed by atoms with Gasteiger partial charge in [-0.25, -0.2) is 0 Å². The van der Waals surface area contributed by atoms with Crippen molar-refractivity contribution in [3.05, 3.63) is 42.2 Å². The third-order valence-electron chi connectivity index (χ3n) is 1.88. The SMILES string of the molecule is Cln1ncc(CCOc2ccccc2)n1. The van der Waals surface area contributed by atoms with E-state index in [0.717, 1.165) is 15.8 Å². The molecule has 0 N–H and O–H groups in total. The van der Waals surface area contributed by atoms with Crippen LogP contribution in [0.1, 0.15) is 5.69 Å². The number of benzene rings is 1. The summed E-state index contributed by atoms with van der Waals surface area (Å²) in [5, 5.41) is 7.69. The molecule has 0 aliphatic heterocycles. The molecular weight excluding hydrogens is 214 g/mol. The van der Waals surface area contributed by atoms with Gasteiger partial charge < -0.3 is 4.74 Å². The lowest BCUT2D eigenvalue weighted by Gasteiger charge is -2.03. The molecule has 5 heteroatoms. The Morgan fingerprint density at radius 3 is 2.73 bits per heavy atom. The minimum Gasteiger partial charge on any atom is -0.493 e. The lowest BCUT2D eigenvalue weighted by atomic mass is 10.3. The van der Waals surface area contributed by atoms with Gasteiger partial charge in [-0.3, -0.25) is 0 Å². The van der Waals surface area contributed by atoms with E-state index in [-0.39, 0.29) is 0 Å². The number of nitrogens with zero attached hydrogens (tertiary/aromatic N) is 3. The molecule has 1 aromatic carbocycles. The molecule has 0 saturated heterocycles. The Kier molecular flexibility index (Phi) is 3.19. The van der Waals surface area contributed by atoms with Gasteiger partial charge in [0, 0.05) is 6.42 Å². The van der Waals surface area contributed by atoms with Crippen LogP contribution in [0.2, 0.25) is 0 Å². The number of hydrogen-bond acceptors (Lipinski definition) is 3. The molecule has 0 aliphatic rings. The maximum absolute atomic E-state index is 5.51. The quantitative estimate of drug-likeness (QED) is 0.795. The van der Waals surface area contributed by atoms with Crippen molar-refractivity contribution in [3.8, 4) is 5.75 Å². The normalized spacial score (nSPS) is 10.2. The summed E-state index contributed by atoms with van der Waals surface area (Å²) in [7, 11) is 0. The largest absolute Gasteiger partial charge is 0.493 e. The molecule has 0 aliphatic carbocycles. The third-order valence-corrected chi connectivity index (χ3v) is 2.05. The molecule has 78 valence electrons. The Balaban J connectivity index is 1.80. The highest BCUT2D eigenvalue weighted by Crippen LogP contribution is 2.08. The number of halogens is 1. The van der Waals surface area contributed by atoms with Gasteiger partial charge in [0.1, 0.15) is 5.75 Å². The van der Waals surface area contributed by atoms with E-state index in [2.05, 4.69) is 10.2 Å². The van der Waals surface area contributed by atoms with E-state index in [0.29, 0.717) is 13.0 Å². The third kappa shape index (κ3) is 2.95. The molecule has 0 fully saturated rings. The van der Waals surface area contributed by atoms with Crippen LogP contribution in [-0.4, -0.2) is 21.1 Å². The van der Waals surface area contributed by atoms with E-state index in [9.17, 15) is 0 Å². The zero-order valence-electron chi connectivity index (χ0n) is 8.01. The van der Waals surface area contributed by atoms with Gasteiger partial charge >= 0.3 is 0 Å². The Hall–Kier alpha value is -1.55. The number of ether oxygens (including phenoxy) is 1. The van der Waals surface area contributed by atoms with Crippen LogP contribution in [-0.2, 0) is 6.42 Å². The minimum atomic E-state index is 0.569. The van der Waals surface area contributed by atoms with Crippen LogP contribution in [0.25, 0.3) is 0 Å². The second-order valence-corrected chi connectivity index (χ2v) is 3.29. The van der Waals surface area contributed by atoms with Crippen molar-refractivity contribution in [1.82, 2.24) is 14.5 Å². The standard InChI is InChI=1S/C10H10ClN3O/c11-14-12-8-9(13-14)6-7-15-10-4-2-1-3-5-10/h1-5,8H,6-7H2. The zero-order valence-corrected chi connectivity index (χ0v) is 8.76. The van der Waals surface area contributed by atoms with Gasteiger partial charge in [0.25, 0.3) is 0 Å². The fourth-order valence-corrected chi connectivity index (χ4v) is 1.32. The molecule has 1 aromatic heterocycles. The summed E-state index contributed by atoms with van der Waals surface area (Å²) in [5.41, 5.74) is 0.820. The van der Waals surface area contributed by atoms with Crippen LogP contribution >= 0.6 is 11.8 Å². The molecule has 2 aromatic rings. The van der Waals surface area contributed by atoms with E-state index < -0.39 is 0 Å². The van der Waals surface area contributed by atoms with Crippen molar-refractivity contribution in [1.29, 1.82) is 0 Å². The van der Waals surface area contributed by atoms with Crippen molar-refractivity contribution in [3.63, 3.8) is 0 Å². The lowest BCUT2D eigenvalue weighted by Crippen LogP contribution is -2.01. The van der Waals surface area contributed by atoms with Gasteiger partial charge in [0.15, 0.2) is 0 Å². The fraction of sp³-hybridized carbons (Fsp3) is 0.200. The first kappa shape index (κ1) is 9.98. The maximum atomic E-state index is 5.51. The van der Waals surface area contributed by atoms with Crippen LogP contribution in [0, 0.1) is 0 Å². The molecule has 0 saturated carbocycles. The molecule has 0 atom stereocenters. The Morgan fingerprint density at radius 1 is 1.27 bits per heavy atom. The maximum Gasteiger partial charge on any atom is 0.119 e. The average molecular weight is 224 g/mol. The summed E-state index contributed by atoms with van der Waals surface area (Å²) in [6.07, 6.45) is 2.32. The molecule has 1 heterocycles. The number of rotatable bonds is 4. The Labute approximate surface area is 92.5 Å². The van der Waals surface area contributed by atoms with E-state index >= 15 is 0 Å². The lowest BCUT2D eigenvalue weighted by molar-refractivity contribution is 0.320. The van der Waals surface area contributed by atoms with Gasteiger partial charge in [0.05, 0.1) is 30.3 Å². The molecule has 0 spiro atoms. The Morgan fingerprint density at radius 2 is 2.07 bits per heavy atom. The molecule has 0 amide bonds. The van der Waals surface area contributed by atoms with Gasteiger partial charge in [-0.15, -0.1) is 10.2 Å². The molecular formula is C10H10ClN3O. The van der Waals surface area contributed by atoms with Crippen LogP contribution in [0.5, 0.6) is 5.75 Å². The van der Waals surface area contributed by atoms with Gasteiger partial charge in [-0.2, -0.15) is 0 Å². The highest BCUT2D eigenvalue weighted by atomic mass is 35.5. The highest BCUT2D eigenvalue weighted by molar-refractivity contribution is 6.13. The summed E-state index contributed by atoms with van der Waals surface area (Å²) in [6, 6.07) is 9.65. The topological polar surface area (TPSA) is 39.9 Å². The predicted octanol–water partition coefficient (Wildman–Crippen LogP) is 1.90. The van der Waals surface area contributed by atoms with Crippen molar-refractivity contribution in [2.45, 2.75) is 6.42 Å². The van der Waals surface area contributed by atoms with Crippen LogP contribution in [0.4, 0.5) is 0 Å². The summed E-state index contributed by atoms with van der Waals surface area (Å²) in [6.45, 7) is 0.569. The van der Waals surface area contributed by atoms with Crippen LogP contribution < -0.4 is 4.74 Å². The number of aromatic nitrogens is 3. The van der Waals surface area contributed by atoms with Gasteiger partial charge in [-0.05, 0) is 12.1 Å². The molecule has 4 nitrogen and oxygen atoms in total. The highest BCUT2D eigenvalue weighted by Gasteiger charge is 1.99. The second kappa shape index (κ2) is 4.79. The van der Waals surface area contributed by atoms with E-state index in [1.807, 2.05) is 30.3 Å².